The van der Waals surface area contributed by atoms with Crippen LogP contribution in [0.2, 0.25) is 5.02 Å². The second kappa shape index (κ2) is 7.43. The molecule has 3 aromatic carbocycles. The molecule has 0 bridgehead atoms. The van der Waals surface area contributed by atoms with Crippen LogP contribution in [-0.4, -0.2) is 29.0 Å². The molecule has 34 heavy (non-hydrogen) atoms. The van der Waals surface area contributed by atoms with Crippen molar-refractivity contribution in [3.8, 4) is 0 Å². The number of rotatable bonds is 2. The quantitative estimate of drug-likeness (QED) is 0.347. The van der Waals surface area contributed by atoms with E-state index in [9.17, 15) is 19.2 Å². The molecular formula is C26H15BrClNO5. The van der Waals surface area contributed by atoms with Gasteiger partial charge in [-0.3, -0.25) is 19.2 Å². The molecule has 2 amide bonds. The van der Waals surface area contributed by atoms with Gasteiger partial charge < -0.3 is 4.74 Å². The Bertz CT molecular complexity index is 1380. The summed E-state index contributed by atoms with van der Waals surface area (Å²) in [6.45, 7) is 0. The highest BCUT2D eigenvalue weighted by Gasteiger charge is 2.74. The summed E-state index contributed by atoms with van der Waals surface area (Å²) < 4.78 is 7.01. The van der Waals surface area contributed by atoms with E-state index in [1.54, 1.807) is 72.8 Å². The molecule has 1 spiro atoms. The molecule has 3 aromatic rings. The van der Waals surface area contributed by atoms with Crippen molar-refractivity contribution in [2.24, 2.45) is 11.8 Å². The number of imide groups is 1. The summed E-state index contributed by atoms with van der Waals surface area (Å²) in [5.74, 6) is -4.76. The maximum Gasteiger partial charge on any atom is 0.241 e. The van der Waals surface area contributed by atoms with Gasteiger partial charge in [0.05, 0.1) is 23.6 Å². The number of nitrogens with zero attached hydrogens (tertiary/aromatic N) is 1. The molecule has 0 aromatic heterocycles. The second-order valence-electron chi connectivity index (χ2n) is 8.49. The largest absolute Gasteiger partial charge is 0.349 e. The topological polar surface area (TPSA) is 80.8 Å². The third-order valence-electron chi connectivity index (χ3n) is 6.82. The van der Waals surface area contributed by atoms with Crippen LogP contribution in [0, 0.1) is 11.8 Å². The molecule has 1 aliphatic carbocycles. The third kappa shape index (κ3) is 2.66. The number of anilines is 1. The van der Waals surface area contributed by atoms with Gasteiger partial charge in [0.1, 0.15) is 0 Å². The van der Waals surface area contributed by atoms with Crippen molar-refractivity contribution in [2.75, 3.05) is 4.90 Å². The van der Waals surface area contributed by atoms with Gasteiger partial charge in [-0.25, -0.2) is 4.90 Å². The second-order valence-corrected chi connectivity index (χ2v) is 9.81. The third-order valence-corrected chi connectivity index (χ3v) is 7.69. The molecule has 8 heteroatoms. The van der Waals surface area contributed by atoms with Gasteiger partial charge in [-0.05, 0) is 30.3 Å². The van der Waals surface area contributed by atoms with Crippen molar-refractivity contribution in [1.29, 1.82) is 0 Å². The van der Waals surface area contributed by atoms with Gasteiger partial charge in [0.25, 0.3) is 0 Å². The lowest BCUT2D eigenvalue weighted by molar-refractivity contribution is -0.127. The fraction of sp³-hybridized carbons (Fsp3) is 0.154. The Hall–Kier alpha value is -3.13. The molecule has 168 valence electrons. The molecule has 2 fully saturated rings. The van der Waals surface area contributed by atoms with E-state index < -0.39 is 46.9 Å². The van der Waals surface area contributed by atoms with Crippen LogP contribution < -0.4 is 4.90 Å². The molecule has 2 aliphatic heterocycles. The molecule has 0 radical (unpaired) electrons. The number of ether oxygens (including phenoxy) is 1. The summed E-state index contributed by atoms with van der Waals surface area (Å²) in [7, 11) is 0. The molecule has 6 nitrogen and oxygen atoms in total. The molecule has 6 rings (SSSR count). The Morgan fingerprint density at radius 1 is 0.794 bits per heavy atom. The first-order chi connectivity index (χ1) is 16.4. The Morgan fingerprint density at radius 2 is 1.38 bits per heavy atom. The van der Waals surface area contributed by atoms with Gasteiger partial charge in [-0.2, -0.15) is 0 Å². The predicted molar refractivity (Wildman–Crippen MR) is 127 cm³/mol. The lowest BCUT2D eigenvalue weighted by Crippen LogP contribution is -2.51. The van der Waals surface area contributed by atoms with Crippen molar-refractivity contribution in [2.45, 2.75) is 11.7 Å². The van der Waals surface area contributed by atoms with Gasteiger partial charge in [-0.15, -0.1) is 0 Å². The zero-order chi connectivity index (χ0) is 23.8. The monoisotopic (exact) mass is 535 g/mol. The number of fused-ring (bicyclic) bond motifs is 3. The average Bonchev–Trinajstić information content (AvgIpc) is 3.40. The van der Waals surface area contributed by atoms with Crippen molar-refractivity contribution in [3.05, 3.63) is 99.0 Å². The van der Waals surface area contributed by atoms with Gasteiger partial charge in [0.2, 0.25) is 29.0 Å². The van der Waals surface area contributed by atoms with Gasteiger partial charge in [-0.1, -0.05) is 70.0 Å². The smallest absolute Gasteiger partial charge is 0.241 e. The fourth-order valence-corrected chi connectivity index (χ4v) is 5.86. The lowest BCUT2D eigenvalue weighted by atomic mass is 9.77. The highest BCUT2D eigenvalue weighted by Crippen LogP contribution is 2.58. The number of halogens is 2. The van der Waals surface area contributed by atoms with Crippen LogP contribution in [0.25, 0.3) is 0 Å². The first-order valence-electron chi connectivity index (χ1n) is 10.6. The number of Topliss-reactive ketones (excluding diaryl/α,β-unsaturated/α-hetero) is 2. The minimum atomic E-state index is -2.12. The van der Waals surface area contributed by atoms with Crippen LogP contribution in [0.15, 0.2) is 77.3 Å². The van der Waals surface area contributed by atoms with Crippen LogP contribution in [0.1, 0.15) is 32.4 Å². The Balaban J connectivity index is 1.56. The highest BCUT2D eigenvalue weighted by atomic mass is 79.9. The summed E-state index contributed by atoms with van der Waals surface area (Å²) >= 11 is 9.79. The fourth-order valence-electron chi connectivity index (χ4n) is 5.35. The number of amides is 2. The van der Waals surface area contributed by atoms with E-state index in [2.05, 4.69) is 15.9 Å². The van der Waals surface area contributed by atoms with Gasteiger partial charge in [0.15, 0.2) is 0 Å². The Kier molecular flexibility index (Phi) is 4.68. The number of hydrogen-bond acceptors (Lipinski definition) is 5. The van der Waals surface area contributed by atoms with Gasteiger partial charge >= 0.3 is 0 Å². The molecule has 3 atom stereocenters. The zero-order valence-electron chi connectivity index (χ0n) is 17.4. The van der Waals surface area contributed by atoms with E-state index in [4.69, 9.17) is 16.3 Å². The van der Waals surface area contributed by atoms with E-state index in [1.165, 1.54) is 0 Å². The first kappa shape index (κ1) is 21.4. The summed E-state index contributed by atoms with van der Waals surface area (Å²) in [6, 6.07) is 19.8. The van der Waals surface area contributed by atoms with Crippen molar-refractivity contribution < 1.29 is 23.9 Å². The molecule has 0 unspecified atom stereocenters. The molecular weight excluding hydrogens is 522 g/mol. The summed E-state index contributed by atoms with van der Waals surface area (Å²) in [5, 5.41) is 0.320. The summed E-state index contributed by atoms with van der Waals surface area (Å²) in [5.41, 5.74) is -0.932. The van der Waals surface area contributed by atoms with Crippen LogP contribution in [0.5, 0.6) is 0 Å². The first-order valence-corrected chi connectivity index (χ1v) is 11.8. The molecule has 0 N–H and O–H groups in total. The maximum absolute atomic E-state index is 13.8. The van der Waals surface area contributed by atoms with E-state index in [-0.39, 0.29) is 11.1 Å². The van der Waals surface area contributed by atoms with Crippen molar-refractivity contribution >= 4 is 56.6 Å². The van der Waals surface area contributed by atoms with Crippen LogP contribution >= 0.6 is 27.5 Å². The van der Waals surface area contributed by atoms with Crippen LogP contribution in [0.3, 0.4) is 0 Å². The number of ketones is 2. The number of benzene rings is 3. The molecule has 2 saturated heterocycles. The van der Waals surface area contributed by atoms with Crippen LogP contribution in [-0.2, 0) is 14.3 Å². The Labute approximate surface area is 207 Å². The van der Waals surface area contributed by atoms with E-state index >= 15 is 0 Å². The summed E-state index contributed by atoms with van der Waals surface area (Å²) in [4.78, 5) is 56.0. The average molecular weight is 537 g/mol. The minimum absolute atomic E-state index is 0.188. The van der Waals surface area contributed by atoms with Crippen molar-refractivity contribution in [1.82, 2.24) is 0 Å². The van der Waals surface area contributed by atoms with Crippen molar-refractivity contribution in [3.63, 3.8) is 0 Å². The SMILES string of the molecule is O=C1[C@H]2[C@H](c3ccccc3Cl)OC3(C(=O)c4ccccc4C3=O)[C@H]2C(=O)N1c1ccc(Br)cc1. The summed E-state index contributed by atoms with van der Waals surface area (Å²) in [6.07, 6.45) is -1.04. The van der Waals surface area contributed by atoms with E-state index in [1.807, 2.05) is 0 Å². The molecule has 2 heterocycles. The zero-order valence-corrected chi connectivity index (χ0v) is 19.7. The molecule has 3 aliphatic rings. The van der Waals surface area contributed by atoms with E-state index in [0.717, 1.165) is 9.37 Å². The van der Waals surface area contributed by atoms with Crippen LogP contribution in [0.4, 0.5) is 5.69 Å². The highest BCUT2D eigenvalue weighted by molar-refractivity contribution is 9.10. The number of carbonyl (C=O) groups excluding carboxylic acids is 4. The van der Waals surface area contributed by atoms with Gasteiger partial charge in [0, 0.05) is 26.2 Å². The molecule has 0 saturated carbocycles. The lowest BCUT2D eigenvalue weighted by Gasteiger charge is -2.27. The number of carbonyl (C=O) groups is 4. The minimum Gasteiger partial charge on any atom is -0.349 e. The number of hydrogen-bond donors (Lipinski definition) is 0. The predicted octanol–water partition coefficient (Wildman–Crippen LogP) is 4.80. The van der Waals surface area contributed by atoms with E-state index in [0.29, 0.717) is 16.3 Å². The Morgan fingerprint density at radius 3 is 2.00 bits per heavy atom. The normalized spacial score (nSPS) is 24.8. The maximum atomic E-state index is 13.8. The standard InChI is InChI=1S/C26H15BrClNO5/c27-13-9-11-14(12-10-13)29-24(32)19-20(25(29)33)26(34-21(19)17-7-3-4-8-18(17)28)22(30)15-5-1-2-6-16(15)23(26)31/h1-12,19-21H/t19-,20-,21+/m1/s1.